The van der Waals surface area contributed by atoms with Crippen LogP contribution in [0.3, 0.4) is 0 Å². The molecular weight excluding hydrogens is 685 g/mol. The van der Waals surface area contributed by atoms with Gasteiger partial charge in [0.15, 0.2) is 11.5 Å². The number of imide groups is 2. The van der Waals surface area contributed by atoms with Crippen LogP contribution >= 0.6 is 11.6 Å². The van der Waals surface area contributed by atoms with Gasteiger partial charge in [0.25, 0.3) is 11.8 Å². The number of carbonyl (C=O) groups excluding carboxylic acids is 4. The molecule has 0 spiro atoms. The van der Waals surface area contributed by atoms with E-state index in [1.54, 1.807) is 72.8 Å². The Morgan fingerprint density at radius 2 is 1.63 bits per heavy atom. The van der Waals surface area contributed by atoms with Crippen LogP contribution in [0.4, 0.5) is 15.8 Å². The van der Waals surface area contributed by atoms with Gasteiger partial charge >= 0.3 is 0 Å². The number of benzene rings is 4. The normalized spacial score (nSPS) is 26.4. The van der Waals surface area contributed by atoms with E-state index < -0.39 is 52.6 Å². The van der Waals surface area contributed by atoms with Crippen molar-refractivity contribution in [1.82, 2.24) is 5.01 Å². The highest BCUT2D eigenvalue weighted by molar-refractivity contribution is 6.30. The number of amides is 4. The smallest absolute Gasteiger partial charge is 0.260 e. The molecule has 4 amide bonds. The Kier molecular flexibility index (Phi) is 8.02. The van der Waals surface area contributed by atoms with Crippen LogP contribution in [0, 0.1) is 29.5 Å². The zero-order valence-electron chi connectivity index (χ0n) is 28.0. The first-order chi connectivity index (χ1) is 25.1. The van der Waals surface area contributed by atoms with Gasteiger partial charge < -0.3 is 9.84 Å². The average molecular weight is 718 g/mol. The molecule has 0 radical (unpaired) electrons. The molecule has 9 nitrogen and oxygen atoms in total. The molecular formula is C41H33ClFN3O6. The van der Waals surface area contributed by atoms with Crippen LogP contribution in [0.5, 0.6) is 11.5 Å². The van der Waals surface area contributed by atoms with Crippen LogP contribution in [0.2, 0.25) is 5.02 Å². The molecule has 2 saturated heterocycles. The van der Waals surface area contributed by atoms with E-state index in [-0.39, 0.29) is 36.2 Å². The van der Waals surface area contributed by atoms with Gasteiger partial charge in [-0.2, -0.15) is 5.01 Å². The molecule has 52 heavy (non-hydrogen) atoms. The number of hydrogen-bond donors (Lipinski definition) is 2. The monoisotopic (exact) mass is 717 g/mol. The Bertz CT molecular complexity index is 2190. The van der Waals surface area contributed by atoms with Gasteiger partial charge in [-0.25, -0.2) is 4.39 Å². The second-order valence-corrected chi connectivity index (χ2v) is 14.0. The topological polar surface area (TPSA) is 116 Å². The van der Waals surface area contributed by atoms with Crippen LogP contribution in [-0.4, -0.2) is 40.9 Å². The minimum absolute atomic E-state index is 0.0608. The molecule has 2 N–H and O–H groups in total. The van der Waals surface area contributed by atoms with Gasteiger partial charge in [0.1, 0.15) is 5.82 Å². The fraction of sp³-hybridized carbons (Fsp3) is 0.220. The lowest BCUT2D eigenvalue weighted by Gasteiger charge is -2.50. The van der Waals surface area contributed by atoms with Gasteiger partial charge in [-0.1, -0.05) is 72.3 Å². The standard InChI is InChI=1S/C41H33ClFN3O6/c1-3-22-7-17-27(18-8-22)45-37(48)29-20-19-28-31(34(29)39(45)50)21-32-38(49)46(44-26-15-13-25(43)14-16-26)40(51)41(32,23-9-11-24(42)12-10-23)35(28)30-5-4-6-33(52-2)36(30)47/h3-19,29,31-32,34-35,44,47H,1,20-21H2,2H3. The van der Waals surface area contributed by atoms with Crippen molar-refractivity contribution in [2.75, 3.05) is 17.4 Å². The van der Waals surface area contributed by atoms with Crippen molar-refractivity contribution in [3.63, 3.8) is 0 Å². The molecule has 4 aromatic rings. The summed E-state index contributed by atoms with van der Waals surface area (Å²) < 4.78 is 19.4. The fourth-order valence-electron chi connectivity index (χ4n) is 8.95. The second kappa shape index (κ2) is 12.5. The number of hydrazine groups is 1. The SMILES string of the molecule is C=Cc1ccc(N2C(=O)C3CC=C4C(CC5C(=O)N(Nc6ccc(F)cc6)C(=O)C5(c5ccc(Cl)cc5)C4c4cccc(OC)c4O)C3C2=O)cc1. The summed E-state index contributed by atoms with van der Waals surface area (Å²) in [6.45, 7) is 3.78. The van der Waals surface area contributed by atoms with Crippen molar-refractivity contribution >= 4 is 52.7 Å². The zero-order valence-corrected chi connectivity index (χ0v) is 28.7. The van der Waals surface area contributed by atoms with Crippen molar-refractivity contribution in [3.05, 3.63) is 137 Å². The molecule has 4 aromatic carbocycles. The second-order valence-electron chi connectivity index (χ2n) is 13.6. The van der Waals surface area contributed by atoms with Crippen molar-refractivity contribution in [2.45, 2.75) is 24.2 Å². The molecule has 0 bridgehead atoms. The average Bonchev–Trinajstić information content (AvgIpc) is 3.53. The number of aromatic hydroxyl groups is 1. The first-order valence-corrected chi connectivity index (χ1v) is 17.3. The van der Waals surface area contributed by atoms with E-state index in [0.717, 1.165) is 10.6 Å². The number of phenolic OH excluding ortho intramolecular Hbond substituents is 1. The van der Waals surface area contributed by atoms with Crippen LogP contribution in [-0.2, 0) is 24.6 Å². The third-order valence-electron chi connectivity index (χ3n) is 11.2. The molecule has 6 unspecified atom stereocenters. The Hall–Kier alpha value is -5.74. The van der Waals surface area contributed by atoms with E-state index in [4.69, 9.17) is 16.3 Å². The number of halogens is 2. The van der Waals surface area contributed by atoms with Gasteiger partial charge in [-0.3, -0.25) is 29.5 Å². The minimum Gasteiger partial charge on any atom is -0.504 e. The number of methoxy groups -OCH3 is 1. The summed E-state index contributed by atoms with van der Waals surface area (Å²) >= 11 is 6.35. The third-order valence-corrected chi connectivity index (χ3v) is 11.5. The summed E-state index contributed by atoms with van der Waals surface area (Å²) in [6, 6.07) is 23.9. The van der Waals surface area contributed by atoms with E-state index in [1.165, 1.54) is 36.3 Å². The highest BCUT2D eigenvalue weighted by Gasteiger charge is 2.70. The number of para-hydroxylation sites is 1. The maximum Gasteiger partial charge on any atom is 0.260 e. The predicted molar refractivity (Wildman–Crippen MR) is 193 cm³/mol. The molecule has 11 heteroatoms. The van der Waals surface area contributed by atoms with Gasteiger partial charge in [0, 0.05) is 16.5 Å². The first-order valence-electron chi connectivity index (χ1n) is 16.9. The Labute approximate surface area is 303 Å². The van der Waals surface area contributed by atoms with E-state index in [2.05, 4.69) is 12.0 Å². The van der Waals surface area contributed by atoms with Crippen molar-refractivity contribution in [2.24, 2.45) is 23.7 Å². The fourth-order valence-corrected chi connectivity index (χ4v) is 9.08. The molecule has 2 heterocycles. The molecule has 2 aliphatic heterocycles. The zero-order chi connectivity index (χ0) is 36.5. The summed E-state index contributed by atoms with van der Waals surface area (Å²) in [6.07, 6.45) is 3.85. The number of nitrogens with one attached hydrogen (secondary N) is 1. The number of phenols is 1. The number of allylic oxidation sites excluding steroid dienone is 2. The summed E-state index contributed by atoms with van der Waals surface area (Å²) in [4.78, 5) is 59.8. The summed E-state index contributed by atoms with van der Waals surface area (Å²) in [5.41, 5.74) is 4.33. The van der Waals surface area contributed by atoms with Gasteiger partial charge in [-0.15, -0.1) is 0 Å². The van der Waals surface area contributed by atoms with E-state index in [1.807, 2.05) is 6.08 Å². The summed E-state index contributed by atoms with van der Waals surface area (Å²) in [7, 11) is 1.42. The maximum absolute atomic E-state index is 15.2. The molecule has 1 saturated carbocycles. The molecule has 6 atom stereocenters. The highest BCUT2D eigenvalue weighted by atomic mass is 35.5. The first kappa shape index (κ1) is 33.4. The quantitative estimate of drug-likeness (QED) is 0.156. The maximum atomic E-state index is 15.2. The lowest BCUT2D eigenvalue weighted by Crippen LogP contribution is -2.53. The lowest BCUT2D eigenvalue weighted by molar-refractivity contribution is -0.138. The Balaban J connectivity index is 1.33. The van der Waals surface area contributed by atoms with Crippen LogP contribution in [0.25, 0.3) is 6.08 Å². The summed E-state index contributed by atoms with van der Waals surface area (Å²) in [5, 5.41) is 13.2. The van der Waals surface area contributed by atoms with E-state index in [0.29, 0.717) is 33.1 Å². The third kappa shape index (κ3) is 4.81. The Morgan fingerprint density at radius 3 is 2.31 bits per heavy atom. The Morgan fingerprint density at radius 1 is 0.923 bits per heavy atom. The molecule has 3 fully saturated rings. The van der Waals surface area contributed by atoms with Crippen molar-refractivity contribution in [1.29, 1.82) is 0 Å². The van der Waals surface area contributed by atoms with Crippen LogP contribution in [0.1, 0.15) is 35.4 Å². The molecule has 2 aliphatic carbocycles. The number of carbonyl (C=O) groups is 4. The molecule has 8 rings (SSSR count). The number of hydrogen-bond acceptors (Lipinski definition) is 7. The minimum atomic E-state index is -1.64. The van der Waals surface area contributed by atoms with E-state index in [9.17, 15) is 23.9 Å². The van der Waals surface area contributed by atoms with Gasteiger partial charge in [0.05, 0.1) is 41.7 Å². The molecule has 0 aromatic heterocycles. The largest absolute Gasteiger partial charge is 0.504 e. The highest BCUT2D eigenvalue weighted by Crippen LogP contribution is 2.65. The lowest BCUT2D eigenvalue weighted by atomic mass is 9.49. The molecule has 262 valence electrons. The number of nitrogens with zero attached hydrogens (tertiary/aromatic N) is 2. The van der Waals surface area contributed by atoms with Gasteiger partial charge in [-0.05, 0) is 84.5 Å². The summed E-state index contributed by atoms with van der Waals surface area (Å²) in [5.74, 6) is -6.62. The van der Waals surface area contributed by atoms with Crippen LogP contribution in [0.15, 0.2) is 109 Å². The number of rotatable bonds is 7. The number of fused-ring (bicyclic) bond motifs is 4. The van der Waals surface area contributed by atoms with Crippen molar-refractivity contribution < 1.29 is 33.4 Å². The van der Waals surface area contributed by atoms with Gasteiger partial charge in [0.2, 0.25) is 11.8 Å². The van der Waals surface area contributed by atoms with Crippen LogP contribution < -0.4 is 15.1 Å². The predicted octanol–water partition coefficient (Wildman–Crippen LogP) is 7.03. The number of anilines is 2. The van der Waals surface area contributed by atoms with Crippen molar-refractivity contribution in [3.8, 4) is 11.5 Å². The molecule has 4 aliphatic rings. The van der Waals surface area contributed by atoms with E-state index >= 15 is 4.79 Å². The number of ether oxygens (including phenoxy) is 1.